The molecule has 5 nitrogen and oxygen atoms in total. The average Bonchev–Trinajstić information content (AvgIpc) is 3.10. The van der Waals surface area contributed by atoms with Gasteiger partial charge in [0, 0.05) is 12.7 Å². The molecule has 142 valence electrons. The molecule has 3 aromatic rings. The molecule has 3 heterocycles. The average molecular weight is 392 g/mol. The van der Waals surface area contributed by atoms with Gasteiger partial charge < -0.3 is 5.32 Å². The summed E-state index contributed by atoms with van der Waals surface area (Å²) in [4.78, 5) is 4.13. The van der Waals surface area contributed by atoms with E-state index in [9.17, 15) is 0 Å². The Morgan fingerprint density at radius 1 is 1.21 bits per heavy atom. The Bertz CT molecular complexity index is 1040. The number of alkyl halides is 1. The van der Waals surface area contributed by atoms with Crippen LogP contribution in [-0.4, -0.2) is 19.7 Å². The van der Waals surface area contributed by atoms with Crippen molar-refractivity contribution in [2.24, 2.45) is 5.92 Å². The number of hydrogen-bond acceptors (Lipinski definition) is 4. The van der Waals surface area contributed by atoms with E-state index in [0.29, 0.717) is 12.5 Å². The third kappa shape index (κ3) is 2.95. The van der Waals surface area contributed by atoms with Gasteiger partial charge in [-0.3, -0.25) is 9.55 Å². The minimum Gasteiger partial charge on any atom is -0.306 e. The molecule has 2 atom stereocenters. The number of allylic oxidation sites excluding steroid dienone is 2. The van der Waals surface area contributed by atoms with Gasteiger partial charge in [0.1, 0.15) is 6.33 Å². The van der Waals surface area contributed by atoms with Gasteiger partial charge in [0.15, 0.2) is 5.82 Å². The van der Waals surface area contributed by atoms with Crippen LogP contribution in [0.4, 0.5) is 0 Å². The first-order valence-electron chi connectivity index (χ1n) is 9.68. The SMILES string of the molecule is CC1CC(Cl)(c2ccc3c(c2)CNCc2nncn2-3)CC=C1c1ccccn1. The topological polar surface area (TPSA) is 55.6 Å². The van der Waals surface area contributed by atoms with Crippen LogP contribution >= 0.6 is 11.6 Å². The second-order valence-corrected chi connectivity index (χ2v) is 8.44. The number of benzene rings is 1. The number of aromatic nitrogens is 4. The summed E-state index contributed by atoms with van der Waals surface area (Å²) in [5, 5.41) is 11.7. The van der Waals surface area contributed by atoms with Gasteiger partial charge in [-0.25, -0.2) is 0 Å². The molecule has 1 aliphatic heterocycles. The van der Waals surface area contributed by atoms with E-state index in [0.717, 1.165) is 36.6 Å². The molecule has 2 aliphatic rings. The monoisotopic (exact) mass is 391 g/mol. The highest BCUT2D eigenvalue weighted by Gasteiger charge is 2.36. The number of nitrogens with one attached hydrogen (secondary N) is 1. The molecule has 1 aliphatic carbocycles. The van der Waals surface area contributed by atoms with E-state index in [4.69, 9.17) is 11.6 Å². The molecule has 1 N–H and O–H groups in total. The zero-order chi connectivity index (χ0) is 19.1. The summed E-state index contributed by atoms with van der Waals surface area (Å²) < 4.78 is 2.06. The van der Waals surface area contributed by atoms with Crippen molar-refractivity contribution < 1.29 is 0 Å². The van der Waals surface area contributed by atoms with Crippen molar-refractivity contribution in [2.45, 2.75) is 37.7 Å². The Kier molecular flexibility index (Phi) is 4.29. The van der Waals surface area contributed by atoms with Crippen molar-refractivity contribution in [2.75, 3.05) is 0 Å². The fourth-order valence-corrected chi connectivity index (χ4v) is 4.83. The number of rotatable bonds is 2. The lowest BCUT2D eigenvalue weighted by atomic mass is 9.76. The number of nitrogens with zero attached hydrogens (tertiary/aromatic N) is 4. The summed E-state index contributed by atoms with van der Waals surface area (Å²) in [6.07, 6.45) is 7.59. The van der Waals surface area contributed by atoms with Gasteiger partial charge in [-0.1, -0.05) is 31.2 Å². The second kappa shape index (κ2) is 6.83. The molecule has 28 heavy (non-hydrogen) atoms. The first kappa shape index (κ1) is 17.6. The van der Waals surface area contributed by atoms with E-state index in [2.05, 4.69) is 62.3 Å². The first-order valence-corrected chi connectivity index (χ1v) is 10.1. The Balaban J connectivity index is 1.49. The van der Waals surface area contributed by atoms with Crippen LogP contribution in [0.2, 0.25) is 0 Å². The standard InChI is InChI=1S/C22H22ClN5/c1-15-11-22(23,8-7-18(15)19-4-2-3-9-25-19)17-5-6-20-16(10-17)12-24-13-21-27-26-14-28(20)21/h2-7,9-10,14-15,24H,8,11-13H2,1H3. The van der Waals surface area contributed by atoms with Crippen LogP contribution in [0, 0.1) is 5.92 Å². The highest BCUT2D eigenvalue weighted by molar-refractivity contribution is 6.24. The molecular formula is C22H22ClN5. The molecule has 0 saturated heterocycles. The minimum absolute atomic E-state index is 0.350. The van der Waals surface area contributed by atoms with Crippen molar-refractivity contribution in [1.29, 1.82) is 0 Å². The lowest BCUT2D eigenvalue weighted by Gasteiger charge is -2.35. The highest BCUT2D eigenvalue weighted by Crippen LogP contribution is 2.47. The van der Waals surface area contributed by atoms with Crippen molar-refractivity contribution >= 4 is 17.2 Å². The van der Waals surface area contributed by atoms with Gasteiger partial charge in [0.2, 0.25) is 0 Å². The van der Waals surface area contributed by atoms with E-state index in [1.807, 2.05) is 18.3 Å². The Labute approximate surface area is 169 Å². The van der Waals surface area contributed by atoms with Gasteiger partial charge in [-0.2, -0.15) is 0 Å². The summed E-state index contributed by atoms with van der Waals surface area (Å²) in [5.41, 5.74) is 5.88. The molecule has 5 rings (SSSR count). The zero-order valence-electron chi connectivity index (χ0n) is 15.8. The minimum atomic E-state index is -0.394. The summed E-state index contributed by atoms with van der Waals surface area (Å²) in [6, 6.07) is 12.6. The van der Waals surface area contributed by atoms with Gasteiger partial charge in [-0.15, -0.1) is 21.8 Å². The molecule has 1 aromatic carbocycles. The highest BCUT2D eigenvalue weighted by atomic mass is 35.5. The molecule has 6 heteroatoms. The van der Waals surface area contributed by atoms with Gasteiger partial charge in [-0.05, 0) is 53.7 Å². The maximum absolute atomic E-state index is 7.19. The molecule has 0 spiro atoms. The Morgan fingerprint density at radius 3 is 2.96 bits per heavy atom. The summed E-state index contributed by atoms with van der Waals surface area (Å²) >= 11 is 7.19. The van der Waals surface area contributed by atoms with Crippen LogP contribution < -0.4 is 5.32 Å². The van der Waals surface area contributed by atoms with Crippen molar-refractivity contribution in [3.05, 3.63) is 77.6 Å². The quantitative estimate of drug-likeness (QED) is 0.665. The fourth-order valence-electron chi connectivity index (χ4n) is 4.41. The zero-order valence-corrected chi connectivity index (χ0v) is 16.5. The summed E-state index contributed by atoms with van der Waals surface area (Å²) in [5.74, 6) is 1.28. The molecule has 0 amide bonds. The van der Waals surface area contributed by atoms with Crippen LogP contribution in [0.5, 0.6) is 0 Å². The van der Waals surface area contributed by atoms with E-state index >= 15 is 0 Å². The van der Waals surface area contributed by atoms with Crippen molar-refractivity contribution in [3.63, 3.8) is 0 Å². The van der Waals surface area contributed by atoms with Crippen molar-refractivity contribution in [3.8, 4) is 5.69 Å². The van der Waals surface area contributed by atoms with Gasteiger partial charge in [0.25, 0.3) is 0 Å². The van der Waals surface area contributed by atoms with E-state index in [-0.39, 0.29) is 0 Å². The normalized spacial score (nSPS) is 24.1. The number of pyridine rings is 1. The maximum Gasteiger partial charge on any atom is 0.151 e. The molecule has 2 aromatic heterocycles. The Morgan fingerprint density at radius 2 is 2.14 bits per heavy atom. The fraction of sp³-hybridized carbons (Fsp3) is 0.318. The largest absolute Gasteiger partial charge is 0.306 e. The maximum atomic E-state index is 7.19. The number of fused-ring (bicyclic) bond motifs is 3. The smallest absolute Gasteiger partial charge is 0.151 e. The third-order valence-corrected chi connectivity index (χ3v) is 6.37. The Hall–Kier alpha value is -2.50. The predicted molar refractivity (Wildman–Crippen MR) is 110 cm³/mol. The number of halogens is 1. The lowest BCUT2D eigenvalue weighted by molar-refractivity contribution is 0.474. The van der Waals surface area contributed by atoms with Crippen LogP contribution in [0.15, 0.2) is 55.0 Å². The van der Waals surface area contributed by atoms with E-state index < -0.39 is 4.87 Å². The molecule has 2 unspecified atom stereocenters. The van der Waals surface area contributed by atoms with E-state index in [1.165, 1.54) is 16.7 Å². The molecule has 0 bridgehead atoms. The molecule has 0 radical (unpaired) electrons. The van der Waals surface area contributed by atoms with Crippen LogP contribution in [0.1, 0.15) is 42.4 Å². The van der Waals surface area contributed by atoms with Gasteiger partial charge in [0.05, 0.1) is 22.8 Å². The predicted octanol–water partition coefficient (Wildman–Crippen LogP) is 4.21. The number of hydrogen-bond donors (Lipinski definition) is 1. The van der Waals surface area contributed by atoms with Crippen LogP contribution in [0.25, 0.3) is 11.3 Å². The van der Waals surface area contributed by atoms with Crippen LogP contribution in [0.3, 0.4) is 0 Å². The van der Waals surface area contributed by atoms with Crippen molar-refractivity contribution in [1.82, 2.24) is 25.1 Å². The first-order chi connectivity index (χ1) is 13.6. The van der Waals surface area contributed by atoms with E-state index in [1.54, 1.807) is 6.33 Å². The molecule has 0 fully saturated rings. The van der Waals surface area contributed by atoms with Crippen LogP contribution in [-0.2, 0) is 18.0 Å². The second-order valence-electron chi connectivity index (χ2n) is 7.71. The molecular weight excluding hydrogens is 370 g/mol. The third-order valence-electron chi connectivity index (χ3n) is 5.84. The lowest BCUT2D eigenvalue weighted by Crippen LogP contribution is -2.26. The summed E-state index contributed by atoms with van der Waals surface area (Å²) in [7, 11) is 0. The summed E-state index contributed by atoms with van der Waals surface area (Å²) in [6.45, 7) is 3.75. The molecule has 0 saturated carbocycles. The van der Waals surface area contributed by atoms with Gasteiger partial charge >= 0.3 is 0 Å².